The van der Waals surface area contributed by atoms with Gasteiger partial charge in [0.15, 0.2) is 0 Å². The topological polar surface area (TPSA) is 119 Å². The molecule has 7 nitrogen and oxygen atoms in total. The maximum atomic E-state index is 11.7. The summed E-state index contributed by atoms with van der Waals surface area (Å²) >= 11 is 0. The minimum Gasteiger partial charge on any atom is -0.388 e. The number of nitrogens with zero attached hydrogens (tertiary/aromatic N) is 3. The Labute approximate surface area is 112 Å². The van der Waals surface area contributed by atoms with E-state index in [1.807, 2.05) is 0 Å². The Bertz CT molecular complexity index is 415. The molecule has 7 heteroatoms. The van der Waals surface area contributed by atoms with Crippen molar-refractivity contribution in [2.75, 3.05) is 11.9 Å². The molecule has 19 heavy (non-hydrogen) atoms. The Morgan fingerprint density at radius 2 is 2.11 bits per heavy atom. The van der Waals surface area contributed by atoms with E-state index in [2.05, 4.69) is 20.3 Å². The van der Waals surface area contributed by atoms with E-state index in [4.69, 9.17) is 11.5 Å². The first-order chi connectivity index (χ1) is 9.09. The van der Waals surface area contributed by atoms with Crippen molar-refractivity contribution < 1.29 is 4.79 Å². The summed E-state index contributed by atoms with van der Waals surface area (Å²) in [6.07, 6.45) is 6.75. The van der Waals surface area contributed by atoms with Crippen LogP contribution in [0.15, 0.2) is 23.7 Å². The van der Waals surface area contributed by atoms with E-state index in [0.29, 0.717) is 24.5 Å². The molecule has 0 saturated heterocycles. The number of hydrogen-bond acceptors (Lipinski definition) is 5. The first-order valence-electron chi connectivity index (χ1n) is 6.17. The Balaban J connectivity index is 2.24. The first-order valence-corrected chi connectivity index (χ1v) is 6.17. The summed E-state index contributed by atoms with van der Waals surface area (Å²) in [5.74, 6) is 0.347. The summed E-state index contributed by atoms with van der Waals surface area (Å²) in [6, 6.07) is -0.539. The van der Waals surface area contributed by atoms with Crippen LogP contribution in [0.2, 0.25) is 0 Å². The fraction of sp³-hybridized carbons (Fsp3) is 0.500. The van der Waals surface area contributed by atoms with Gasteiger partial charge in [-0.15, -0.1) is 0 Å². The van der Waals surface area contributed by atoms with Gasteiger partial charge in [0, 0.05) is 6.54 Å². The maximum Gasteiger partial charge on any atom is 0.241 e. The Morgan fingerprint density at radius 1 is 1.42 bits per heavy atom. The lowest BCUT2D eigenvalue weighted by atomic mass is 10.1. The largest absolute Gasteiger partial charge is 0.388 e. The molecule has 0 aliphatic carbocycles. The van der Waals surface area contributed by atoms with Crippen molar-refractivity contribution in [3.8, 4) is 0 Å². The number of carbonyl (C=O) groups excluding carboxylic acids is 1. The van der Waals surface area contributed by atoms with Gasteiger partial charge in [0.2, 0.25) is 5.91 Å². The Kier molecular flexibility index (Phi) is 6.45. The Morgan fingerprint density at radius 3 is 2.74 bits per heavy atom. The standard InChI is InChI=1S/C12H20N6O/c1-9(13)17-5-3-2-4-11(14)12(19)18-10-6-15-8-16-7-10/h6-8,11H,2-5,14H2,1H3,(H2,13,17)(H,18,19)/t11-/m0/s1. The molecule has 5 N–H and O–H groups in total. The SMILES string of the molecule is CC(N)=NCCCC[C@H](N)C(=O)Nc1cncnc1. The quantitative estimate of drug-likeness (QED) is 0.371. The summed E-state index contributed by atoms with van der Waals surface area (Å²) in [7, 11) is 0. The lowest BCUT2D eigenvalue weighted by Gasteiger charge is -2.11. The molecule has 0 radical (unpaired) electrons. The van der Waals surface area contributed by atoms with Gasteiger partial charge in [-0.3, -0.25) is 9.79 Å². The van der Waals surface area contributed by atoms with Crippen molar-refractivity contribution in [2.24, 2.45) is 16.5 Å². The van der Waals surface area contributed by atoms with Gasteiger partial charge in [-0.2, -0.15) is 0 Å². The average Bonchev–Trinajstić information content (AvgIpc) is 2.38. The fourth-order valence-corrected chi connectivity index (χ4v) is 1.46. The van der Waals surface area contributed by atoms with Crippen molar-refractivity contribution in [1.82, 2.24) is 9.97 Å². The van der Waals surface area contributed by atoms with Gasteiger partial charge >= 0.3 is 0 Å². The predicted octanol–water partition coefficient (Wildman–Crippen LogP) is 0.290. The molecule has 0 aliphatic rings. The van der Waals surface area contributed by atoms with Crippen LogP contribution in [-0.4, -0.2) is 34.3 Å². The molecule has 0 fully saturated rings. The second kappa shape index (κ2) is 8.15. The van der Waals surface area contributed by atoms with Crippen LogP contribution in [-0.2, 0) is 4.79 Å². The van der Waals surface area contributed by atoms with Crippen molar-refractivity contribution in [3.05, 3.63) is 18.7 Å². The van der Waals surface area contributed by atoms with E-state index in [-0.39, 0.29) is 5.91 Å². The van der Waals surface area contributed by atoms with Crippen molar-refractivity contribution in [3.63, 3.8) is 0 Å². The van der Waals surface area contributed by atoms with E-state index in [9.17, 15) is 4.79 Å². The van der Waals surface area contributed by atoms with E-state index >= 15 is 0 Å². The number of rotatable bonds is 7. The van der Waals surface area contributed by atoms with Crippen LogP contribution in [0, 0.1) is 0 Å². The van der Waals surface area contributed by atoms with E-state index < -0.39 is 6.04 Å². The smallest absolute Gasteiger partial charge is 0.241 e. The normalized spacial score (nSPS) is 13.1. The molecule has 104 valence electrons. The molecule has 0 aliphatic heterocycles. The number of unbranched alkanes of at least 4 members (excludes halogenated alkanes) is 1. The van der Waals surface area contributed by atoms with E-state index in [0.717, 1.165) is 12.8 Å². The molecule has 0 bridgehead atoms. The first kappa shape index (κ1) is 15.0. The van der Waals surface area contributed by atoms with Crippen LogP contribution in [0.3, 0.4) is 0 Å². The monoisotopic (exact) mass is 264 g/mol. The highest BCUT2D eigenvalue weighted by Crippen LogP contribution is 2.04. The minimum atomic E-state index is -0.539. The third-order valence-electron chi connectivity index (χ3n) is 2.45. The third-order valence-corrected chi connectivity index (χ3v) is 2.45. The highest BCUT2D eigenvalue weighted by Gasteiger charge is 2.13. The molecule has 0 aromatic carbocycles. The zero-order valence-electron chi connectivity index (χ0n) is 11.0. The van der Waals surface area contributed by atoms with Gasteiger partial charge in [0.1, 0.15) is 6.33 Å². The van der Waals surface area contributed by atoms with Gasteiger partial charge in [-0.25, -0.2) is 9.97 Å². The highest BCUT2D eigenvalue weighted by atomic mass is 16.2. The second-order valence-electron chi connectivity index (χ2n) is 4.24. The van der Waals surface area contributed by atoms with Crippen LogP contribution in [0.5, 0.6) is 0 Å². The van der Waals surface area contributed by atoms with Gasteiger partial charge in [-0.05, 0) is 26.2 Å². The Hall–Kier alpha value is -2.02. The summed E-state index contributed by atoms with van der Waals surface area (Å²) < 4.78 is 0. The molecule has 1 heterocycles. The zero-order chi connectivity index (χ0) is 14.1. The minimum absolute atomic E-state index is 0.228. The lowest BCUT2D eigenvalue weighted by Crippen LogP contribution is -2.35. The fourth-order valence-electron chi connectivity index (χ4n) is 1.46. The number of nitrogens with two attached hydrogens (primary N) is 2. The molecular formula is C12H20N6O. The van der Waals surface area contributed by atoms with Gasteiger partial charge < -0.3 is 16.8 Å². The van der Waals surface area contributed by atoms with Gasteiger partial charge in [0.05, 0.1) is 30.0 Å². The van der Waals surface area contributed by atoms with Gasteiger partial charge in [0.25, 0.3) is 0 Å². The molecular weight excluding hydrogens is 244 g/mol. The van der Waals surface area contributed by atoms with Crippen LogP contribution < -0.4 is 16.8 Å². The number of aliphatic imine (C=N–C) groups is 1. The summed E-state index contributed by atoms with van der Waals surface area (Å²) in [4.78, 5) is 23.4. The third kappa shape index (κ3) is 6.46. The van der Waals surface area contributed by atoms with E-state index in [1.54, 1.807) is 6.92 Å². The molecule has 0 saturated carbocycles. The van der Waals surface area contributed by atoms with Crippen molar-refractivity contribution >= 4 is 17.4 Å². The highest BCUT2D eigenvalue weighted by molar-refractivity contribution is 5.94. The molecule has 1 rings (SSSR count). The molecule has 1 aromatic rings. The predicted molar refractivity (Wildman–Crippen MR) is 74.7 cm³/mol. The number of carbonyl (C=O) groups is 1. The number of hydrogen-bond donors (Lipinski definition) is 3. The molecule has 1 atom stereocenters. The van der Waals surface area contributed by atoms with Crippen LogP contribution in [0.4, 0.5) is 5.69 Å². The zero-order valence-corrected chi connectivity index (χ0v) is 11.0. The van der Waals surface area contributed by atoms with Crippen LogP contribution in [0.25, 0.3) is 0 Å². The van der Waals surface area contributed by atoms with E-state index in [1.165, 1.54) is 18.7 Å². The number of amidine groups is 1. The molecule has 0 spiro atoms. The number of aromatic nitrogens is 2. The van der Waals surface area contributed by atoms with Gasteiger partial charge in [-0.1, -0.05) is 0 Å². The number of anilines is 1. The second-order valence-corrected chi connectivity index (χ2v) is 4.24. The molecule has 0 unspecified atom stereocenters. The number of amides is 1. The maximum absolute atomic E-state index is 11.7. The molecule has 1 amide bonds. The average molecular weight is 264 g/mol. The summed E-state index contributed by atoms with van der Waals surface area (Å²) in [5, 5.41) is 2.66. The summed E-state index contributed by atoms with van der Waals surface area (Å²) in [6.45, 7) is 2.42. The number of nitrogens with one attached hydrogen (secondary N) is 1. The molecule has 1 aromatic heterocycles. The van der Waals surface area contributed by atoms with Crippen molar-refractivity contribution in [2.45, 2.75) is 32.2 Å². The lowest BCUT2D eigenvalue weighted by molar-refractivity contribution is -0.117. The van der Waals surface area contributed by atoms with Crippen molar-refractivity contribution in [1.29, 1.82) is 0 Å². The van der Waals surface area contributed by atoms with Crippen LogP contribution >= 0.6 is 0 Å². The van der Waals surface area contributed by atoms with Crippen LogP contribution in [0.1, 0.15) is 26.2 Å². The summed E-state index contributed by atoms with van der Waals surface area (Å²) in [5.41, 5.74) is 11.8.